The summed E-state index contributed by atoms with van der Waals surface area (Å²) in [7, 11) is -4.22. The number of allylic oxidation sites excluding steroid dienone is 2. The summed E-state index contributed by atoms with van der Waals surface area (Å²) in [6.07, 6.45) is 11.7. The average molecular weight is 972 g/mol. The van der Waals surface area contributed by atoms with E-state index in [9.17, 15) is 35.2 Å². The number of nitrogens with zero attached hydrogens (tertiary/aromatic N) is 4. The molecule has 0 unspecified atom stereocenters. The van der Waals surface area contributed by atoms with Crippen LogP contribution in [0.25, 0.3) is 57.0 Å². The van der Waals surface area contributed by atoms with Gasteiger partial charge in [0.05, 0.1) is 39.8 Å². The molecular formula is C45H46Cl2F2N6O8S2. The first-order valence-corrected chi connectivity index (χ1v) is 24.6. The lowest BCUT2D eigenvalue weighted by atomic mass is 10.0. The summed E-state index contributed by atoms with van der Waals surface area (Å²) >= 11 is 9.53. The van der Waals surface area contributed by atoms with Crippen LogP contribution in [-0.4, -0.2) is 83.7 Å². The Kier molecular flexibility index (Phi) is 16.7. The number of nitrogens with one attached hydrogen (secondary N) is 2. The molecule has 2 N–H and O–H groups in total. The summed E-state index contributed by atoms with van der Waals surface area (Å²) in [5.74, 6) is -0.786. The van der Waals surface area contributed by atoms with E-state index in [1.165, 1.54) is 77.3 Å². The third-order valence-electron chi connectivity index (χ3n) is 9.80. The van der Waals surface area contributed by atoms with Crippen molar-refractivity contribution in [3.8, 4) is 22.6 Å². The zero-order chi connectivity index (χ0) is 47.6. The van der Waals surface area contributed by atoms with Crippen molar-refractivity contribution in [2.24, 2.45) is 0 Å². The van der Waals surface area contributed by atoms with Crippen molar-refractivity contribution in [3.63, 3.8) is 0 Å². The van der Waals surface area contributed by atoms with Crippen LogP contribution in [0, 0.1) is 11.6 Å². The summed E-state index contributed by atoms with van der Waals surface area (Å²) in [6.45, 7) is 7.93. The minimum absolute atomic E-state index is 0.0842. The Labute approximate surface area is 385 Å². The number of hydrogen-bond acceptors (Lipinski definition) is 10. The van der Waals surface area contributed by atoms with Gasteiger partial charge in [-0.1, -0.05) is 30.9 Å². The van der Waals surface area contributed by atoms with Gasteiger partial charge >= 0.3 is 0 Å². The van der Waals surface area contributed by atoms with Crippen molar-refractivity contribution in [2.75, 3.05) is 53.6 Å². The summed E-state index contributed by atoms with van der Waals surface area (Å²) in [6, 6.07) is 14.4. The Bertz CT molecular complexity index is 2980. The highest BCUT2D eigenvalue weighted by atomic mass is 35.5. The van der Waals surface area contributed by atoms with E-state index < -0.39 is 37.6 Å². The Hall–Kier alpha value is -6.08. The quantitative estimate of drug-likeness (QED) is 0.0680. The van der Waals surface area contributed by atoms with Gasteiger partial charge in [0, 0.05) is 49.4 Å². The highest BCUT2D eigenvalue weighted by molar-refractivity contribution is 7.92. The molecule has 20 heteroatoms. The number of rotatable bonds is 12. The molecule has 65 heavy (non-hydrogen) atoms. The molecule has 0 radical (unpaired) electrons. The second kappa shape index (κ2) is 21.7. The highest BCUT2D eigenvalue weighted by Crippen LogP contribution is 2.38. The summed E-state index contributed by atoms with van der Waals surface area (Å²) < 4.78 is 90.8. The van der Waals surface area contributed by atoms with Gasteiger partial charge in [-0.05, 0) is 86.3 Å². The van der Waals surface area contributed by atoms with Crippen LogP contribution in [0.2, 0.25) is 0 Å². The third kappa shape index (κ3) is 11.6. The number of fused-ring (bicyclic) bond motifs is 3. The number of pyridine rings is 2. The number of anilines is 2. The Morgan fingerprint density at radius 2 is 1.35 bits per heavy atom. The smallest absolute Gasteiger partial charge is 0.255 e. The van der Waals surface area contributed by atoms with Crippen molar-refractivity contribution in [3.05, 3.63) is 120 Å². The SMILES string of the molecule is C=CCCCN(c1nc2oc(-c3ccc(F)cc3)c(C(=O)NC)c2cc1C=C)S(C)(=O)=O.CNC(=O)c1c(-c2ccc(F)cc2)oc2nc3c(cc12)/C=C\CCCN3S(C)(=O)=O.ClCCl. The molecule has 0 saturated heterocycles. The average Bonchev–Trinajstić information content (AvgIpc) is 3.82. The number of carbonyl (C=O) groups excluding carboxylic acids is 2. The van der Waals surface area contributed by atoms with Crippen LogP contribution in [0.15, 0.2) is 94.8 Å². The lowest BCUT2D eigenvalue weighted by Gasteiger charge is -2.24. The molecule has 0 fully saturated rings. The number of benzene rings is 2. The number of sulfonamides is 2. The molecule has 2 aromatic carbocycles. The first-order chi connectivity index (χ1) is 30.9. The van der Waals surface area contributed by atoms with Gasteiger partial charge in [-0.3, -0.25) is 18.2 Å². The predicted molar refractivity (Wildman–Crippen MR) is 254 cm³/mol. The maximum absolute atomic E-state index is 13.4. The fourth-order valence-electron chi connectivity index (χ4n) is 6.84. The minimum atomic E-state index is -3.65. The van der Waals surface area contributed by atoms with E-state index in [0.717, 1.165) is 18.9 Å². The zero-order valence-electron chi connectivity index (χ0n) is 35.8. The molecule has 1 aliphatic rings. The molecular weight excluding hydrogens is 926 g/mol. The van der Waals surface area contributed by atoms with Crippen LogP contribution in [0.3, 0.4) is 0 Å². The van der Waals surface area contributed by atoms with E-state index in [-0.39, 0.29) is 63.5 Å². The number of unbranched alkanes of at least 4 members (excludes halogenated alkanes) is 1. The van der Waals surface area contributed by atoms with Gasteiger partial charge in [-0.15, -0.1) is 29.8 Å². The predicted octanol–water partition coefficient (Wildman–Crippen LogP) is 9.36. The van der Waals surface area contributed by atoms with Gasteiger partial charge in [0.25, 0.3) is 11.8 Å². The highest BCUT2D eigenvalue weighted by Gasteiger charge is 2.29. The minimum Gasteiger partial charge on any atom is -0.437 e. The molecule has 0 spiro atoms. The van der Waals surface area contributed by atoms with E-state index in [1.54, 1.807) is 24.3 Å². The van der Waals surface area contributed by atoms with E-state index in [2.05, 4.69) is 33.8 Å². The Morgan fingerprint density at radius 1 is 0.846 bits per heavy atom. The fraction of sp³-hybridized carbons (Fsp3) is 0.244. The standard InChI is InChI=1S/C23H24FN3O4S.C21H20FN3O4S.CH2Cl2/c1-5-7-8-13-27(32(4,29)30)21-15(6-2)14-18-19(22(28)25-3)20(31-23(18)26-21)16-9-11-17(24)12-10-16;1-23-20(26)17-16-12-14-6-4-3-5-11-25(30(2,27)28)19(14)24-21(16)29-18(17)13-7-9-15(22)10-8-13;2-1-3/h5-6,9-12,14H,1-2,7-8,13H2,3-4H3,(H,25,28);4,6-10,12H,3,5,11H2,1-2H3,(H,23,26);1H2/b;6-4-;. The summed E-state index contributed by atoms with van der Waals surface area (Å²) in [5.41, 5.74) is 2.69. The van der Waals surface area contributed by atoms with Crippen LogP contribution in [-0.2, 0) is 20.0 Å². The van der Waals surface area contributed by atoms with Crippen LogP contribution in [0.1, 0.15) is 57.5 Å². The molecule has 4 aromatic heterocycles. The number of hydrogen-bond donors (Lipinski definition) is 2. The molecule has 0 aliphatic carbocycles. The number of furan rings is 2. The van der Waals surface area contributed by atoms with E-state index >= 15 is 0 Å². The molecule has 5 heterocycles. The number of aromatic nitrogens is 2. The van der Waals surface area contributed by atoms with Crippen LogP contribution in [0.4, 0.5) is 20.4 Å². The molecule has 6 aromatic rings. The van der Waals surface area contributed by atoms with E-state index in [0.29, 0.717) is 58.8 Å². The molecule has 0 saturated carbocycles. The summed E-state index contributed by atoms with van der Waals surface area (Å²) in [4.78, 5) is 34.3. The number of halogens is 4. The molecule has 14 nitrogen and oxygen atoms in total. The monoisotopic (exact) mass is 970 g/mol. The van der Waals surface area contributed by atoms with Crippen molar-refractivity contribution in [2.45, 2.75) is 25.7 Å². The Balaban J connectivity index is 0.000000231. The van der Waals surface area contributed by atoms with E-state index in [1.807, 2.05) is 6.08 Å². The van der Waals surface area contributed by atoms with Crippen LogP contribution < -0.4 is 19.2 Å². The maximum atomic E-state index is 13.4. The van der Waals surface area contributed by atoms with Crippen molar-refractivity contribution < 1.29 is 44.0 Å². The lowest BCUT2D eigenvalue weighted by Crippen LogP contribution is -2.32. The van der Waals surface area contributed by atoms with Crippen LogP contribution >= 0.6 is 23.2 Å². The molecule has 344 valence electrons. The summed E-state index contributed by atoms with van der Waals surface area (Å²) in [5, 5.41) is 6.20. The van der Waals surface area contributed by atoms with Crippen molar-refractivity contribution in [1.82, 2.24) is 20.6 Å². The van der Waals surface area contributed by atoms with Gasteiger partial charge < -0.3 is 19.5 Å². The van der Waals surface area contributed by atoms with Crippen molar-refractivity contribution >= 4 is 101 Å². The Morgan fingerprint density at radius 3 is 1.82 bits per heavy atom. The number of alkyl halides is 2. The fourth-order valence-corrected chi connectivity index (χ4v) is 8.68. The van der Waals surface area contributed by atoms with Gasteiger partial charge in [0.1, 0.15) is 23.2 Å². The first kappa shape index (κ1) is 49.9. The van der Waals surface area contributed by atoms with Gasteiger partial charge in [-0.25, -0.2) is 25.6 Å². The van der Waals surface area contributed by atoms with Crippen molar-refractivity contribution in [1.29, 1.82) is 0 Å². The second-order valence-electron chi connectivity index (χ2n) is 14.2. The normalized spacial score (nSPS) is 13.0. The van der Waals surface area contributed by atoms with Gasteiger partial charge in [0.2, 0.25) is 31.5 Å². The lowest BCUT2D eigenvalue weighted by molar-refractivity contribution is 0.0956. The zero-order valence-corrected chi connectivity index (χ0v) is 39.0. The first-order valence-electron chi connectivity index (χ1n) is 19.8. The molecule has 7 rings (SSSR count). The maximum Gasteiger partial charge on any atom is 0.255 e. The molecule has 0 atom stereocenters. The molecule has 0 bridgehead atoms. The number of amides is 2. The molecule has 2 amide bonds. The topological polar surface area (TPSA) is 185 Å². The number of carbonyl (C=O) groups is 2. The molecule has 1 aliphatic heterocycles. The van der Waals surface area contributed by atoms with E-state index in [4.69, 9.17) is 32.0 Å². The second-order valence-corrected chi connectivity index (χ2v) is 18.9. The third-order valence-corrected chi connectivity index (χ3v) is 12.1. The largest absolute Gasteiger partial charge is 0.437 e. The van der Waals surface area contributed by atoms with Gasteiger partial charge in [-0.2, -0.15) is 9.97 Å². The van der Waals surface area contributed by atoms with Crippen LogP contribution in [0.5, 0.6) is 0 Å². The van der Waals surface area contributed by atoms with Gasteiger partial charge in [0.15, 0.2) is 11.6 Å².